The van der Waals surface area contributed by atoms with Crippen molar-refractivity contribution in [2.45, 2.75) is 38.1 Å². The molecule has 3 heteroatoms. The van der Waals surface area contributed by atoms with Crippen LogP contribution in [0, 0.1) is 17.8 Å². The molecule has 2 aliphatic rings. The molecular weight excluding hydrogens is 250 g/mol. The van der Waals surface area contributed by atoms with Crippen molar-refractivity contribution in [2.24, 2.45) is 23.5 Å². The Kier molecular flexibility index (Phi) is 3.88. The summed E-state index contributed by atoms with van der Waals surface area (Å²) < 4.78 is 10.9. The van der Waals surface area contributed by atoms with Gasteiger partial charge in [-0.3, -0.25) is 0 Å². The van der Waals surface area contributed by atoms with Gasteiger partial charge in [0.1, 0.15) is 0 Å². The summed E-state index contributed by atoms with van der Waals surface area (Å²) in [5.41, 5.74) is 7.55. The number of ether oxygens (including phenoxy) is 2. The topological polar surface area (TPSA) is 44.5 Å². The van der Waals surface area contributed by atoms with Gasteiger partial charge in [0.05, 0.1) is 14.2 Å². The highest BCUT2D eigenvalue weighted by Gasteiger charge is 2.40. The Morgan fingerprint density at radius 2 is 2.05 bits per heavy atom. The van der Waals surface area contributed by atoms with E-state index in [9.17, 15) is 0 Å². The van der Waals surface area contributed by atoms with Crippen molar-refractivity contribution in [3.63, 3.8) is 0 Å². The zero-order valence-corrected chi connectivity index (χ0v) is 12.5. The van der Waals surface area contributed by atoms with E-state index in [0.717, 1.165) is 41.2 Å². The van der Waals surface area contributed by atoms with Gasteiger partial charge in [-0.15, -0.1) is 0 Å². The Morgan fingerprint density at radius 3 is 2.65 bits per heavy atom. The minimum atomic E-state index is 0.0457. The Bertz CT molecular complexity index is 474. The van der Waals surface area contributed by atoms with Crippen molar-refractivity contribution >= 4 is 0 Å². The monoisotopic (exact) mass is 275 g/mol. The van der Waals surface area contributed by atoms with Crippen molar-refractivity contribution in [3.05, 3.63) is 23.8 Å². The van der Waals surface area contributed by atoms with E-state index in [2.05, 4.69) is 6.07 Å². The van der Waals surface area contributed by atoms with Crippen molar-refractivity contribution in [3.8, 4) is 11.5 Å². The van der Waals surface area contributed by atoms with Gasteiger partial charge in [-0.25, -0.2) is 0 Å². The molecule has 20 heavy (non-hydrogen) atoms. The molecule has 0 radical (unpaired) electrons. The molecule has 4 atom stereocenters. The van der Waals surface area contributed by atoms with Crippen molar-refractivity contribution in [1.82, 2.24) is 0 Å². The van der Waals surface area contributed by atoms with E-state index >= 15 is 0 Å². The lowest BCUT2D eigenvalue weighted by Crippen LogP contribution is -2.20. The van der Waals surface area contributed by atoms with Gasteiger partial charge in [-0.05, 0) is 49.5 Å². The van der Waals surface area contributed by atoms with Crippen LogP contribution in [0.5, 0.6) is 11.5 Å². The molecule has 4 unspecified atom stereocenters. The first kappa shape index (κ1) is 13.7. The molecule has 110 valence electrons. The van der Waals surface area contributed by atoms with E-state index in [4.69, 9.17) is 15.2 Å². The highest BCUT2D eigenvalue weighted by atomic mass is 16.5. The number of hydrogen-bond donors (Lipinski definition) is 1. The Morgan fingerprint density at radius 1 is 1.20 bits per heavy atom. The number of fused-ring (bicyclic) bond motifs is 2. The van der Waals surface area contributed by atoms with Gasteiger partial charge in [0.15, 0.2) is 11.5 Å². The van der Waals surface area contributed by atoms with E-state index in [1.165, 1.54) is 25.7 Å². The molecule has 0 aromatic heterocycles. The fourth-order valence-corrected chi connectivity index (χ4v) is 4.32. The summed E-state index contributed by atoms with van der Waals surface area (Å²) in [6.07, 6.45) is 6.75. The third-order valence-electron chi connectivity index (χ3n) is 5.27. The van der Waals surface area contributed by atoms with Crippen molar-refractivity contribution in [2.75, 3.05) is 14.2 Å². The van der Waals surface area contributed by atoms with Gasteiger partial charge in [0, 0.05) is 11.6 Å². The molecule has 0 saturated heterocycles. The van der Waals surface area contributed by atoms with Gasteiger partial charge in [-0.1, -0.05) is 18.6 Å². The molecule has 2 aliphatic carbocycles. The van der Waals surface area contributed by atoms with Gasteiger partial charge in [-0.2, -0.15) is 0 Å². The summed E-state index contributed by atoms with van der Waals surface area (Å²) in [5.74, 6) is 4.27. The first-order valence-electron chi connectivity index (χ1n) is 7.69. The fraction of sp³-hybridized carbons (Fsp3) is 0.647. The zero-order chi connectivity index (χ0) is 14.1. The molecule has 0 heterocycles. The molecule has 2 bridgehead atoms. The second-order valence-electron chi connectivity index (χ2n) is 6.36. The lowest BCUT2D eigenvalue weighted by Gasteiger charge is -2.26. The number of methoxy groups -OCH3 is 2. The third-order valence-corrected chi connectivity index (χ3v) is 5.27. The number of rotatable bonds is 5. The number of nitrogens with two attached hydrogens (primary N) is 1. The predicted octanol–water partition coefficient (Wildman–Crippen LogP) is 3.53. The quantitative estimate of drug-likeness (QED) is 0.894. The van der Waals surface area contributed by atoms with E-state index in [1.54, 1.807) is 14.2 Å². The Hall–Kier alpha value is -1.22. The van der Waals surface area contributed by atoms with Crippen LogP contribution in [0.25, 0.3) is 0 Å². The Labute approximate surface area is 121 Å². The van der Waals surface area contributed by atoms with Gasteiger partial charge in [0.2, 0.25) is 0 Å². The molecule has 1 aromatic rings. The molecule has 3 rings (SSSR count). The molecule has 3 nitrogen and oxygen atoms in total. The standard InChI is InChI=1S/C17H25NO2/c1-19-16-5-3-4-14(17(16)20-2)15(18)10-13-9-11-6-7-12(13)8-11/h3-5,11-13,15H,6-10,18H2,1-2H3. The third kappa shape index (κ3) is 2.39. The van der Waals surface area contributed by atoms with E-state index in [-0.39, 0.29) is 6.04 Å². The summed E-state index contributed by atoms with van der Waals surface area (Å²) in [7, 11) is 3.36. The summed E-state index contributed by atoms with van der Waals surface area (Å²) in [6.45, 7) is 0. The largest absolute Gasteiger partial charge is 0.493 e. The average Bonchev–Trinajstić information content (AvgIpc) is 3.08. The maximum Gasteiger partial charge on any atom is 0.165 e. The minimum absolute atomic E-state index is 0.0457. The summed E-state index contributed by atoms with van der Waals surface area (Å²) >= 11 is 0. The lowest BCUT2D eigenvalue weighted by atomic mass is 9.83. The summed E-state index contributed by atoms with van der Waals surface area (Å²) in [4.78, 5) is 0. The van der Waals surface area contributed by atoms with Crippen LogP contribution in [0.4, 0.5) is 0 Å². The van der Waals surface area contributed by atoms with E-state index < -0.39 is 0 Å². The molecule has 0 aliphatic heterocycles. The first-order valence-corrected chi connectivity index (χ1v) is 7.69. The molecule has 2 fully saturated rings. The lowest BCUT2D eigenvalue weighted by molar-refractivity contribution is 0.291. The van der Waals surface area contributed by atoms with Crippen LogP contribution in [0.3, 0.4) is 0 Å². The Balaban J connectivity index is 1.75. The van der Waals surface area contributed by atoms with Crippen LogP contribution in [0.15, 0.2) is 18.2 Å². The van der Waals surface area contributed by atoms with Crippen LogP contribution in [0.1, 0.15) is 43.7 Å². The number of para-hydroxylation sites is 1. The molecule has 2 saturated carbocycles. The number of hydrogen-bond acceptors (Lipinski definition) is 3. The highest BCUT2D eigenvalue weighted by molar-refractivity contribution is 5.48. The van der Waals surface area contributed by atoms with Crippen LogP contribution in [-0.4, -0.2) is 14.2 Å². The maximum atomic E-state index is 6.47. The summed E-state index contributed by atoms with van der Waals surface area (Å²) in [6, 6.07) is 6.03. The van der Waals surface area contributed by atoms with E-state index in [1.807, 2.05) is 12.1 Å². The SMILES string of the molecule is COc1cccc(C(N)CC2CC3CCC2C3)c1OC. The summed E-state index contributed by atoms with van der Waals surface area (Å²) in [5, 5.41) is 0. The average molecular weight is 275 g/mol. The fourth-order valence-electron chi connectivity index (χ4n) is 4.32. The smallest absolute Gasteiger partial charge is 0.165 e. The second kappa shape index (κ2) is 5.65. The minimum Gasteiger partial charge on any atom is -0.493 e. The van der Waals surface area contributed by atoms with Crippen LogP contribution in [0.2, 0.25) is 0 Å². The van der Waals surface area contributed by atoms with Gasteiger partial charge < -0.3 is 15.2 Å². The molecule has 1 aromatic carbocycles. The van der Waals surface area contributed by atoms with Gasteiger partial charge >= 0.3 is 0 Å². The molecular formula is C17H25NO2. The maximum absolute atomic E-state index is 6.47. The normalized spacial score (nSPS) is 29.4. The first-order chi connectivity index (χ1) is 9.72. The van der Waals surface area contributed by atoms with Crippen LogP contribution in [-0.2, 0) is 0 Å². The number of benzene rings is 1. The molecule has 2 N–H and O–H groups in total. The van der Waals surface area contributed by atoms with Crippen molar-refractivity contribution in [1.29, 1.82) is 0 Å². The zero-order valence-electron chi connectivity index (χ0n) is 12.5. The predicted molar refractivity (Wildman–Crippen MR) is 80.0 cm³/mol. The molecule has 0 spiro atoms. The second-order valence-corrected chi connectivity index (χ2v) is 6.36. The van der Waals surface area contributed by atoms with E-state index in [0.29, 0.717) is 0 Å². The molecule has 0 amide bonds. The highest BCUT2D eigenvalue weighted by Crippen LogP contribution is 2.51. The van der Waals surface area contributed by atoms with Gasteiger partial charge in [0.25, 0.3) is 0 Å². The van der Waals surface area contributed by atoms with Crippen LogP contribution < -0.4 is 15.2 Å². The van der Waals surface area contributed by atoms with Crippen molar-refractivity contribution < 1.29 is 9.47 Å². The van der Waals surface area contributed by atoms with Crippen LogP contribution >= 0.6 is 0 Å².